The zero-order valence-corrected chi connectivity index (χ0v) is 37.1. The molecule has 0 saturated carbocycles. The van der Waals surface area contributed by atoms with E-state index in [0.29, 0.717) is 36.9 Å². The van der Waals surface area contributed by atoms with Crippen LogP contribution in [0.25, 0.3) is 0 Å². The Bertz CT molecular complexity index is 2490. The zero-order chi connectivity index (χ0) is 43.7. The Morgan fingerprint density at radius 3 is 1.13 bits per heavy atom. The molecule has 0 heterocycles. The number of carbonyl (C=O) groups is 1. The zero-order valence-electron chi connectivity index (χ0n) is 37.1. The molecule has 0 N–H and O–H groups in total. The van der Waals surface area contributed by atoms with Crippen molar-refractivity contribution in [1.82, 2.24) is 0 Å². The number of aryl methyl sites for hydroxylation is 1. The van der Waals surface area contributed by atoms with Gasteiger partial charge in [-0.25, -0.2) is 4.79 Å². The number of benzene rings is 5. The molecule has 310 valence electrons. The fourth-order valence-electron chi connectivity index (χ4n) is 6.01. The third-order valence-electron chi connectivity index (χ3n) is 9.46. The molecule has 6 heteroatoms. The molecule has 5 rings (SSSR count). The second-order valence-corrected chi connectivity index (χ2v) is 16.8. The Labute approximate surface area is 364 Å². The third kappa shape index (κ3) is 15.8. The maximum atomic E-state index is 12.0. The summed E-state index contributed by atoms with van der Waals surface area (Å²) in [6.45, 7) is 7.32. The summed E-state index contributed by atoms with van der Waals surface area (Å²) in [5.41, 5.74) is 8.60. The first-order valence-corrected chi connectivity index (χ1v) is 21.0. The summed E-state index contributed by atoms with van der Waals surface area (Å²) in [6.07, 6.45) is 2.79. The fraction of sp³-hybridized carbons (Fsp3) is 0.291. The van der Waals surface area contributed by atoms with Crippen LogP contribution >= 0.6 is 0 Å². The van der Waals surface area contributed by atoms with Gasteiger partial charge in [-0.15, -0.1) is 0 Å². The Hall–Kier alpha value is -6.67. The van der Waals surface area contributed by atoms with Gasteiger partial charge in [-0.05, 0) is 104 Å². The van der Waals surface area contributed by atoms with Crippen LogP contribution in [0.4, 0.5) is 0 Å². The predicted octanol–water partition coefficient (Wildman–Crippen LogP) is 8.98. The lowest BCUT2D eigenvalue weighted by Crippen LogP contribution is -2.36. The summed E-state index contributed by atoms with van der Waals surface area (Å²) in [5, 5.41) is 0. The molecule has 0 unspecified atom stereocenters. The van der Waals surface area contributed by atoms with Gasteiger partial charge in [-0.1, -0.05) is 66.4 Å². The summed E-state index contributed by atoms with van der Waals surface area (Å²) in [6, 6.07) is 35.3. The van der Waals surface area contributed by atoms with Gasteiger partial charge >= 0.3 is 5.97 Å². The lowest BCUT2D eigenvalue weighted by atomic mass is 10.1. The number of rotatable bonds is 13. The molecule has 6 nitrogen and oxygen atoms in total. The van der Waals surface area contributed by atoms with Crippen molar-refractivity contribution in [2.24, 2.45) is 0 Å². The first-order chi connectivity index (χ1) is 29.3. The second kappa shape index (κ2) is 22.1. The van der Waals surface area contributed by atoms with Gasteiger partial charge in [0, 0.05) is 58.4 Å². The van der Waals surface area contributed by atoms with Gasteiger partial charge < -0.3 is 23.2 Å². The molecule has 0 saturated heterocycles. The van der Waals surface area contributed by atoms with E-state index in [9.17, 15) is 4.79 Å². The predicted molar refractivity (Wildman–Crippen MR) is 247 cm³/mol. The van der Waals surface area contributed by atoms with E-state index in [1.807, 2.05) is 72.8 Å². The van der Waals surface area contributed by atoms with E-state index >= 15 is 0 Å². The van der Waals surface area contributed by atoms with Gasteiger partial charge in [0.25, 0.3) is 0 Å². The van der Waals surface area contributed by atoms with Crippen molar-refractivity contribution in [2.45, 2.75) is 33.1 Å². The Morgan fingerprint density at radius 1 is 0.475 bits per heavy atom. The molecule has 0 bridgehead atoms. The highest BCUT2D eigenvalue weighted by atomic mass is 16.5. The average Bonchev–Trinajstić information content (AvgIpc) is 3.24. The molecule has 0 aliphatic rings. The van der Waals surface area contributed by atoms with Crippen molar-refractivity contribution in [3.05, 3.63) is 165 Å². The van der Waals surface area contributed by atoms with Crippen LogP contribution in [0.3, 0.4) is 0 Å². The van der Waals surface area contributed by atoms with Crippen molar-refractivity contribution in [2.75, 3.05) is 75.2 Å². The molecule has 0 radical (unpaired) electrons. The maximum Gasteiger partial charge on any atom is 0.338 e. The van der Waals surface area contributed by atoms with Gasteiger partial charge in [0.1, 0.15) is 11.5 Å². The van der Waals surface area contributed by atoms with Crippen LogP contribution in [0.15, 0.2) is 109 Å². The molecule has 5 aromatic carbocycles. The quantitative estimate of drug-likeness (QED) is 0.0516. The van der Waals surface area contributed by atoms with E-state index in [1.54, 1.807) is 19.1 Å². The molecule has 0 aromatic heterocycles. The number of ether oxygens (including phenoxy) is 3. The summed E-state index contributed by atoms with van der Waals surface area (Å²) >= 11 is 0. The minimum absolute atomic E-state index is 0.338. The second-order valence-electron chi connectivity index (χ2n) is 16.8. The number of hydrogen-bond donors (Lipinski definition) is 0. The molecule has 5 aromatic rings. The Morgan fingerprint density at radius 2 is 0.803 bits per heavy atom. The Kier molecular flexibility index (Phi) is 16.4. The van der Waals surface area contributed by atoms with E-state index in [0.717, 1.165) is 85.8 Å². The van der Waals surface area contributed by atoms with Gasteiger partial charge in [0.15, 0.2) is 0 Å². The number of nitrogens with zero attached hydrogens (tertiary/aromatic N) is 2. The van der Waals surface area contributed by atoms with Gasteiger partial charge in [-0.3, -0.25) is 0 Å². The van der Waals surface area contributed by atoms with E-state index in [2.05, 4.69) is 121 Å². The van der Waals surface area contributed by atoms with Crippen LogP contribution in [0.1, 0.15) is 87.1 Å². The van der Waals surface area contributed by atoms with Gasteiger partial charge in [0.2, 0.25) is 0 Å². The monoisotopic (exact) mass is 810 g/mol. The standard InChI is InChI=1S/C55H58N2O4/c1-9-43-13-15-44(16-14-43)17-18-45-19-24-47(25-20-45)31-35-51-41-54(61-40-12-38-57(6,7)8)52(42-53(51)60-39-11-37-56(3,4)5)36-32-48-26-21-46(22-27-48)23-28-49-29-33-50(34-30-49)55(58)59-10-2/h13-16,19-22,24-27,29-30,33-34,41-42H,9-12,37-40H2,1-8H3/q+2. The maximum absolute atomic E-state index is 12.0. The number of esters is 1. The highest BCUT2D eigenvalue weighted by Crippen LogP contribution is 2.29. The number of quaternary nitrogens is 2. The summed E-state index contributed by atoms with van der Waals surface area (Å²) < 4.78 is 19.7. The molecule has 0 aliphatic heterocycles. The van der Waals surface area contributed by atoms with E-state index in [-0.39, 0.29) is 5.97 Å². The van der Waals surface area contributed by atoms with Crippen molar-refractivity contribution < 1.29 is 28.0 Å². The third-order valence-corrected chi connectivity index (χ3v) is 9.46. The van der Waals surface area contributed by atoms with Crippen LogP contribution in [0.5, 0.6) is 11.5 Å². The van der Waals surface area contributed by atoms with Crippen molar-refractivity contribution >= 4 is 5.97 Å². The minimum Gasteiger partial charge on any atom is -0.492 e. The van der Waals surface area contributed by atoms with E-state index in [1.165, 1.54) is 5.56 Å². The van der Waals surface area contributed by atoms with Gasteiger partial charge in [-0.2, -0.15) is 0 Å². The fourth-order valence-corrected chi connectivity index (χ4v) is 6.01. The van der Waals surface area contributed by atoms with Crippen LogP contribution in [-0.4, -0.2) is 90.1 Å². The van der Waals surface area contributed by atoms with E-state index in [4.69, 9.17) is 14.2 Å². The molecule has 0 atom stereocenters. The normalized spacial score (nSPS) is 10.7. The summed E-state index contributed by atoms with van der Waals surface area (Å²) in [4.78, 5) is 12.0. The van der Waals surface area contributed by atoms with Crippen molar-refractivity contribution in [3.63, 3.8) is 0 Å². The topological polar surface area (TPSA) is 44.8 Å². The highest BCUT2D eigenvalue weighted by molar-refractivity contribution is 5.89. The smallest absolute Gasteiger partial charge is 0.338 e. The van der Waals surface area contributed by atoms with Gasteiger partial charge in [0.05, 0.1) is 91.9 Å². The number of hydrogen-bond acceptors (Lipinski definition) is 4. The van der Waals surface area contributed by atoms with Crippen LogP contribution in [0.2, 0.25) is 0 Å². The molecular weight excluding hydrogens is 753 g/mol. The van der Waals surface area contributed by atoms with Crippen LogP contribution in [0, 0.1) is 47.4 Å². The SMILES string of the molecule is CCOC(=O)c1ccc(C#Cc2ccc(C#Cc3cc(OCCC[N+](C)(C)C)c(C#Cc4ccc(C#Cc5ccc(CC)cc5)cc4)cc3OCCC[N+](C)(C)C)cc2)cc1. The van der Waals surface area contributed by atoms with Crippen LogP contribution < -0.4 is 9.47 Å². The van der Waals surface area contributed by atoms with Crippen molar-refractivity contribution in [1.29, 1.82) is 0 Å². The van der Waals surface area contributed by atoms with Crippen LogP contribution in [-0.2, 0) is 11.2 Å². The Balaban J connectivity index is 1.41. The average molecular weight is 811 g/mol. The lowest BCUT2D eigenvalue weighted by molar-refractivity contribution is -0.870. The minimum atomic E-state index is -0.338. The first-order valence-electron chi connectivity index (χ1n) is 21.0. The number of carbonyl (C=O) groups excluding carboxylic acids is 1. The molecule has 61 heavy (non-hydrogen) atoms. The molecule has 0 spiro atoms. The molecule has 0 fully saturated rings. The summed E-state index contributed by atoms with van der Waals surface area (Å²) in [5.74, 6) is 27.4. The highest BCUT2D eigenvalue weighted by Gasteiger charge is 2.14. The molecule has 0 aliphatic carbocycles. The van der Waals surface area contributed by atoms with E-state index < -0.39 is 0 Å². The molecular formula is C55H58N2O4+2. The van der Waals surface area contributed by atoms with Crippen molar-refractivity contribution in [3.8, 4) is 58.9 Å². The lowest BCUT2D eigenvalue weighted by Gasteiger charge is -2.24. The first kappa shape index (κ1) is 45.4. The largest absolute Gasteiger partial charge is 0.492 e. The molecule has 0 amide bonds. The summed E-state index contributed by atoms with van der Waals surface area (Å²) in [7, 11) is 13.1.